The van der Waals surface area contributed by atoms with Gasteiger partial charge in [0, 0.05) is 22.8 Å². The molecule has 3 aromatic rings. The molecule has 0 unspecified atom stereocenters. The van der Waals surface area contributed by atoms with E-state index >= 15 is 0 Å². The Balaban J connectivity index is 2.34. The van der Waals surface area contributed by atoms with Crippen LogP contribution in [0.5, 0.6) is 5.75 Å². The normalized spacial score (nSPS) is 11.0. The van der Waals surface area contributed by atoms with E-state index in [0.717, 1.165) is 46.2 Å². The van der Waals surface area contributed by atoms with E-state index in [1.54, 1.807) is 7.11 Å². The van der Waals surface area contributed by atoms with Gasteiger partial charge in [0.15, 0.2) is 6.29 Å². The molecular weight excluding hydrogens is 286 g/mol. The topological polar surface area (TPSA) is 30.7 Å². The highest BCUT2D eigenvalue weighted by atomic mass is 16.5. The number of carbonyl (C=O) groups is 1. The maximum absolute atomic E-state index is 11.8. The minimum Gasteiger partial charge on any atom is -0.496 e. The molecule has 0 N–H and O–H groups in total. The molecule has 0 aliphatic carbocycles. The van der Waals surface area contributed by atoms with Crippen molar-refractivity contribution in [3.63, 3.8) is 0 Å². The molecule has 0 radical (unpaired) electrons. The number of fused-ring (bicyclic) bond motifs is 1. The van der Waals surface area contributed by atoms with E-state index in [0.29, 0.717) is 5.69 Å². The number of pyridine rings is 1. The van der Waals surface area contributed by atoms with Gasteiger partial charge in [0.25, 0.3) is 0 Å². The molecule has 2 heterocycles. The minimum absolute atomic E-state index is 0.665. The molecule has 0 atom stereocenters. The lowest BCUT2D eigenvalue weighted by Gasteiger charge is -2.12. The third-order valence-corrected chi connectivity index (χ3v) is 4.30. The van der Waals surface area contributed by atoms with Gasteiger partial charge in [0.2, 0.25) is 0 Å². The number of nitrogens with zero attached hydrogens (tertiary/aromatic N) is 1. The predicted molar refractivity (Wildman–Crippen MR) is 93.6 cm³/mol. The van der Waals surface area contributed by atoms with Gasteiger partial charge >= 0.3 is 0 Å². The molecule has 0 bridgehead atoms. The number of hydrogen-bond acceptors (Lipinski definition) is 2. The van der Waals surface area contributed by atoms with Crippen molar-refractivity contribution in [3.8, 4) is 16.9 Å². The zero-order valence-corrected chi connectivity index (χ0v) is 14.0. The van der Waals surface area contributed by atoms with Crippen molar-refractivity contribution < 1.29 is 9.53 Å². The van der Waals surface area contributed by atoms with Gasteiger partial charge in [0.05, 0.1) is 12.8 Å². The molecule has 2 aromatic heterocycles. The number of hydrogen-bond donors (Lipinski definition) is 0. The molecule has 0 aliphatic rings. The molecule has 0 saturated carbocycles. The quantitative estimate of drug-likeness (QED) is 0.659. The molecule has 1 aromatic carbocycles. The molecule has 3 rings (SSSR count). The number of aryl methyl sites for hydroxylation is 3. The first-order valence-electron chi connectivity index (χ1n) is 7.83. The summed E-state index contributed by atoms with van der Waals surface area (Å²) in [6, 6.07) is 10.4. The second-order valence-electron chi connectivity index (χ2n) is 5.91. The SMILES string of the molecule is CCc1ccc2cc(-c3cc(C)cc(C)c3OC)c(C=O)n2c1. The highest BCUT2D eigenvalue weighted by Crippen LogP contribution is 2.37. The maximum Gasteiger partial charge on any atom is 0.167 e. The summed E-state index contributed by atoms with van der Waals surface area (Å²) in [5.41, 5.74) is 6.99. The van der Waals surface area contributed by atoms with Gasteiger partial charge in [-0.1, -0.05) is 19.1 Å². The first kappa shape index (κ1) is 15.3. The smallest absolute Gasteiger partial charge is 0.167 e. The highest BCUT2D eigenvalue weighted by molar-refractivity contribution is 5.92. The van der Waals surface area contributed by atoms with Crippen molar-refractivity contribution in [1.29, 1.82) is 0 Å². The lowest BCUT2D eigenvalue weighted by Crippen LogP contribution is -1.97. The minimum atomic E-state index is 0.665. The van der Waals surface area contributed by atoms with Crippen molar-refractivity contribution in [1.82, 2.24) is 4.40 Å². The largest absolute Gasteiger partial charge is 0.496 e. The summed E-state index contributed by atoms with van der Waals surface area (Å²) in [6.45, 7) is 6.20. The first-order chi connectivity index (χ1) is 11.1. The van der Waals surface area contributed by atoms with E-state index in [2.05, 4.69) is 44.2 Å². The van der Waals surface area contributed by atoms with Crippen LogP contribution in [0.2, 0.25) is 0 Å². The van der Waals surface area contributed by atoms with E-state index in [1.807, 2.05) is 17.5 Å². The Bertz CT molecular complexity index is 890. The van der Waals surface area contributed by atoms with Crippen LogP contribution in [0.3, 0.4) is 0 Å². The second kappa shape index (κ2) is 5.92. The fourth-order valence-electron chi connectivity index (χ4n) is 3.20. The van der Waals surface area contributed by atoms with Crippen LogP contribution < -0.4 is 4.74 Å². The Kier molecular flexibility index (Phi) is 3.95. The van der Waals surface area contributed by atoms with Crippen LogP contribution in [-0.4, -0.2) is 17.8 Å². The van der Waals surface area contributed by atoms with Gasteiger partial charge in [-0.2, -0.15) is 0 Å². The molecule has 0 spiro atoms. The van der Waals surface area contributed by atoms with Gasteiger partial charge in [-0.05, 0) is 55.2 Å². The number of methoxy groups -OCH3 is 1. The zero-order valence-electron chi connectivity index (χ0n) is 14.0. The molecule has 0 fully saturated rings. The fourth-order valence-corrected chi connectivity index (χ4v) is 3.20. The molecule has 0 amide bonds. The van der Waals surface area contributed by atoms with E-state index in [1.165, 1.54) is 5.56 Å². The summed E-state index contributed by atoms with van der Waals surface area (Å²) < 4.78 is 7.57. The van der Waals surface area contributed by atoms with E-state index in [9.17, 15) is 4.79 Å². The molecule has 23 heavy (non-hydrogen) atoms. The molecule has 3 heteroatoms. The van der Waals surface area contributed by atoms with Gasteiger partial charge in [-0.15, -0.1) is 0 Å². The Morgan fingerprint density at radius 3 is 2.57 bits per heavy atom. The lowest BCUT2D eigenvalue weighted by molar-refractivity contribution is 0.111. The van der Waals surface area contributed by atoms with Crippen molar-refractivity contribution in [2.45, 2.75) is 27.2 Å². The third-order valence-electron chi connectivity index (χ3n) is 4.30. The standard InChI is InChI=1S/C20H21NO2/c1-5-15-6-7-16-10-17(19(12-22)21(16)11-15)18-9-13(2)8-14(3)20(18)23-4/h6-12H,5H2,1-4H3. The summed E-state index contributed by atoms with van der Waals surface area (Å²) in [5.74, 6) is 0.824. The highest BCUT2D eigenvalue weighted by Gasteiger charge is 2.17. The van der Waals surface area contributed by atoms with Crippen molar-refractivity contribution in [2.75, 3.05) is 7.11 Å². The Morgan fingerprint density at radius 1 is 1.13 bits per heavy atom. The summed E-state index contributed by atoms with van der Waals surface area (Å²) in [6.07, 6.45) is 3.91. The van der Waals surface area contributed by atoms with Gasteiger partial charge in [-0.3, -0.25) is 4.79 Å². The number of aldehydes is 1. The Labute approximate surface area is 136 Å². The van der Waals surface area contributed by atoms with E-state index in [4.69, 9.17) is 4.74 Å². The lowest BCUT2D eigenvalue weighted by atomic mass is 9.99. The van der Waals surface area contributed by atoms with E-state index in [-0.39, 0.29) is 0 Å². The summed E-state index contributed by atoms with van der Waals surface area (Å²) in [4.78, 5) is 11.8. The van der Waals surface area contributed by atoms with E-state index < -0.39 is 0 Å². The number of rotatable bonds is 4. The predicted octanol–water partition coefficient (Wildman–Crippen LogP) is 4.61. The van der Waals surface area contributed by atoms with Crippen LogP contribution in [0, 0.1) is 13.8 Å². The summed E-state index contributed by atoms with van der Waals surface area (Å²) in [7, 11) is 1.67. The third kappa shape index (κ3) is 2.52. The molecule has 0 aliphatic heterocycles. The Morgan fingerprint density at radius 2 is 1.91 bits per heavy atom. The van der Waals surface area contributed by atoms with Gasteiger partial charge in [-0.25, -0.2) is 0 Å². The molecule has 3 nitrogen and oxygen atoms in total. The van der Waals surface area contributed by atoms with Crippen molar-refractivity contribution >= 4 is 11.8 Å². The molecule has 118 valence electrons. The number of carbonyl (C=O) groups excluding carboxylic acids is 1. The molecular formula is C20H21NO2. The fraction of sp³-hybridized carbons (Fsp3) is 0.250. The second-order valence-corrected chi connectivity index (χ2v) is 5.91. The van der Waals surface area contributed by atoms with Crippen molar-refractivity contribution in [2.24, 2.45) is 0 Å². The monoisotopic (exact) mass is 307 g/mol. The molecule has 0 saturated heterocycles. The first-order valence-corrected chi connectivity index (χ1v) is 7.83. The van der Waals surface area contributed by atoms with Crippen LogP contribution in [0.4, 0.5) is 0 Å². The maximum atomic E-state index is 11.8. The van der Waals surface area contributed by atoms with Crippen LogP contribution in [-0.2, 0) is 6.42 Å². The van der Waals surface area contributed by atoms with Gasteiger partial charge in [0.1, 0.15) is 5.75 Å². The summed E-state index contributed by atoms with van der Waals surface area (Å²) >= 11 is 0. The number of benzene rings is 1. The number of ether oxygens (including phenoxy) is 1. The number of aromatic nitrogens is 1. The van der Waals surface area contributed by atoms with Crippen LogP contribution >= 0.6 is 0 Å². The van der Waals surface area contributed by atoms with Gasteiger partial charge < -0.3 is 9.14 Å². The Hall–Kier alpha value is -2.55. The average molecular weight is 307 g/mol. The van der Waals surface area contributed by atoms with Crippen LogP contribution in [0.25, 0.3) is 16.6 Å². The zero-order chi connectivity index (χ0) is 16.6. The van der Waals surface area contributed by atoms with Crippen molar-refractivity contribution in [3.05, 3.63) is 58.9 Å². The van der Waals surface area contributed by atoms with Crippen LogP contribution in [0.1, 0.15) is 34.1 Å². The van der Waals surface area contributed by atoms with Crippen LogP contribution in [0.15, 0.2) is 36.5 Å². The summed E-state index contributed by atoms with van der Waals surface area (Å²) in [5, 5.41) is 0. The average Bonchev–Trinajstić information content (AvgIpc) is 2.91.